The second-order valence-electron chi connectivity index (χ2n) is 7.56. The van der Waals surface area contributed by atoms with Crippen molar-refractivity contribution in [1.82, 2.24) is 4.98 Å². The fraction of sp³-hybridized carbons (Fsp3) is 0.0357. The molecule has 0 saturated carbocycles. The highest BCUT2D eigenvalue weighted by molar-refractivity contribution is 6.02. The minimum Gasteiger partial charge on any atom is -0.247 e. The van der Waals surface area contributed by atoms with Crippen LogP contribution in [-0.4, -0.2) is 4.98 Å². The summed E-state index contributed by atoms with van der Waals surface area (Å²) in [6.45, 7) is 0. The number of benzene rings is 4. The maximum Gasteiger partial charge on any atom is 0.0760 e. The van der Waals surface area contributed by atoms with Crippen LogP contribution in [0.15, 0.2) is 109 Å². The molecule has 0 fully saturated rings. The number of hydrogen-bond acceptors (Lipinski definition) is 1. The van der Waals surface area contributed by atoms with E-state index in [-0.39, 0.29) is 5.92 Å². The summed E-state index contributed by atoms with van der Waals surface area (Å²) in [5.41, 5.74) is 9.94. The van der Waals surface area contributed by atoms with Crippen molar-refractivity contribution in [3.63, 3.8) is 0 Å². The number of rotatable bonds is 2. The molecule has 0 amide bonds. The molecule has 0 radical (unpaired) electrons. The lowest BCUT2D eigenvalue weighted by Crippen LogP contribution is -2.02. The zero-order valence-electron chi connectivity index (χ0n) is 15.9. The van der Waals surface area contributed by atoms with Gasteiger partial charge in [0.2, 0.25) is 0 Å². The Labute approximate surface area is 170 Å². The van der Waals surface area contributed by atoms with Crippen LogP contribution in [0.5, 0.6) is 0 Å². The van der Waals surface area contributed by atoms with Crippen molar-refractivity contribution < 1.29 is 0 Å². The van der Waals surface area contributed by atoms with Crippen LogP contribution < -0.4 is 0 Å². The first-order chi connectivity index (χ1) is 14.4. The van der Waals surface area contributed by atoms with Crippen molar-refractivity contribution in [1.29, 1.82) is 0 Å². The molecule has 1 atom stereocenters. The van der Waals surface area contributed by atoms with Crippen molar-refractivity contribution in [2.75, 3.05) is 0 Å². The molecule has 0 N–H and O–H groups in total. The molecule has 0 aliphatic heterocycles. The Morgan fingerprint density at radius 3 is 2.07 bits per heavy atom. The minimum atomic E-state index is 0.190. The number of nitrogens with zero attached hydrogens (tertiary/aromatic N) is 1. The van der Waals surface area contributed by atoms with Gasteiger partial charge in [-0.15, -0.1) is 0 Å². The number of fused-ring (bicyclic) bond motifs is 4. The van der Waals surface area contributed by atoms with Crippen molar-refractivity contribution in [2.45, 2.75) is 5.92 Å². The summed E-state index contributed by atoms with van der Waals surface area (Å²) >= 11 is 0. The summed E-state index contributed by atoms with van der Waals surface area (Å²) in [6.07, 6.45) is 0. The van der Waals surface area contributed by atoms with E-state index in [1.54, 1.807) is 0 Å². The number of hydrogen-bond donors (Lipinski definition) is 0. The van der Waals surface area contributed by atoms with Crippen LogP contribution >= 0.6 is 0 Å². The highest BCUT2D eigenvalue weighted by Gasteiger charge is 2.34. The number of para-hydroxylation sites is 1. The Balaban J connectivity index is 1.79. The van der Waals surface area contributed by atoms with E-state index >= 15 is 0 Å². The second-order valence-corrected chi connectivity index (χ2v) is 7.56. The van der Waals surface area contributed by atoms with E-state index in [0.717, 1.165) is 11.2 Å². The van der Waals surface area contributed by atoms with Gasteiger partial charge in [0.25, 0.3) is 0 Å². The monoisotopic (exact) mass is 369 g/mol. The van der Waals surface area contributed by atoms with Gasteiger partial charge in [-0.25, -0.2) is 4.98 Å². The molecule has 1 nitrogen and oxygen atoms in total. The second kappa shape index (κ2) is 6.42. The molecule has 0 saturated heterocycles. The third-order valence-electron chi connectivity index (χ3n) is 5.94. The number of aromatic nitrogens is 1. The van der Waals surface area contributed by atoms with Crippen LogP contribution in [-0.2, 0) is 0 Å². The average molecular weight is 369 g/mol. The summed E-state index contributed by atoms with van der Waals surface area (Å²) in [6, 6.07) is 38.8. The average Bonchev–Trinajstić information content (AvgIpc) is 3.12. The molecule has 1 unspecified atom stereocenters. The molecule has 1 aliphatic carbocycles. The SMILES string of the molecule is c1ccc(-c2c3c(nc4ccccc24)-c2ccccc2C3c2ccccc2)cc1. The van der Waals surface area contributed by atoms with Gasteiger partial charge in [0.05, 0.1) is 11.2 Å². The van der Waals surface area contributed by atoms with E-state index in [4.69, 9.17) is 4.98 Å². The first kappa shape index (κ1) is 16.3. The largest absolute Gasteiger partial charge is 0.247 e. The van der Waals surface area contributed by atoms with Crippen LogP contribution in [0.1, 0.15) is 22.6 Å². The van der Waals surface area contributed by atoms with Crippen LogP contribution in [0, 0.1) is 0 Å². The van der Waals surface area contributed by atoms with Gasteiger partial charge in [-0.3, -0.25) is 0 Å². The topological polar surface area (TPSA) is 12.9 Å². The lowest BCUT2D eigenvalue weighted by Gasteiger charge is -2.19. The Hall–Kier alpha value is -3.71. The fourth-order valence-corrected chi connectivity index (χ4v) is 4.74. The first-order valence-corrected chi connectivity index (χ1v) is 10.0. The Morgan fingerprint density at radius 2 is 1.24 bits per heavy atom. The maximum atomic E-state index is 5.16. The van der Waals surface area contributed by atoms with Crippen molar-refractivity contribution in [3.8, 4) is 22.4 Å². The normalized spacial score (nSPS) is 14.6. The molecule has 1 aromatic heterocycles. The van der Waals surface area contributed by atoms with E-state index in [1.807, 2.05) is 0 Å². The van der Waals surface area contributed by atoms with Gasteiger partial charge in [0.1, 0.15) is 0 Å². The molecule has 0 spiro atoms. The molecule has 5 aromatic rings. The lowest BCUT2D eigenvalue weighted by atomic mass is 9.84. The van der Waals surface area contributed by atoms with Crippen LogP contribution in [0.25, 0.3) is 33.3 Å². The van der Waals surface area contributed by atoms with E-state index in [1.165, 1.54) is 38.8 Å². The van der Waals surface area contributed by atoms with Crippen LogP contribution in [0.4, 0.5) is 0 Å². The third kappa shape index (κ3) is 2.44. The van der Waals surface area contributed by atoms with Crippen molar-refractivity contribution >= 4 is 10.9 Å². The van der Waals surface area contributed by atoms with Gasteiger partial charge in [-0.05, 0) is 33.9 Å². The van der Waals surface area contributed by atoms with Gasteiger partial charge in [0, 0.05) is 16.9 Å². The first-order valence-electron chi connectivity index (χ1n) is 10.0. The number of pyridine rings is 1. The van der Waals surface area contributed by atoms with Gasteiger partial charge in [0.15, 0.2) is 0 Å². The predicted octanol–water partition coefficient (Wildman–Crippen LogP) is 7.06. The highest BCUT2D eigenvalue weighted by atomic mass is 14.7. The molecular formula is C28H19N. The molecule has 0 bridgehead atoms. The van der Waals surface area contributed by atoms with Crippen LogP contribution in [0.2, 0.25) is 0 Å². The fourth-order valence-electron chi connectivity index (χ4n) is 4.74. The van der Waals surface area contributed by atoms with Crippen molar-refractivity contribution in [3.05, 3.63) is 126 Å². The third-order valence-corrected chi connectivity index (χ3v) is 5.94. The molecular weight excluding hydrogens is 350 g/mol. The summed E-state index contributed by atoms with van der Waals surface area (Å²) in [5.74, 6) is 0.190. The predicted molar refractivity (Wildman–Crippen MR) is 120 cm³/mol. The van der Waals surface area contributed by atoms with Gasteiger partial charge in [-0.2, -0.15) is 0 Å². The van der Waals surface area contributed by atoms with E-state index in [2.05, 4.69) is 109 Å². The standard InChI is InChI=1S/C28H19N/c1-3-11-19(12-4-1)25-21-15-7-8-16-22(21)28-27(25)26(20-13-5-2-6-14-20)23-17-9-10-18-24(23)29-28/h1-18,25H. The smallest absolute Gasteiger partial charge is 0.0760 e. The molecule has 6 rings (SSSR count). The van der Waals surface area contributed by atoms with E-state index in [0.29, 0.717) is 0 Å². The van der Waals surface area contributed by atoms with Gasteiger partial charge in [-0.1, -0.05) is 103 Å². The van der Waals surface area contributed by atoms with E-state index in [9.17, 15) is 0 Å². The summed E-state index contributed by atoms with van der Waals surface area (Å²) in [7, 11) is 0. The Bertz CT molecular complexity index is 1340. The highest BCUT2D eigenvalue weighted by Crippen LogP contribution is 2.52. The van der Waals surface area contributed by atoms with Crippen molar-refractivity contribution in [2.24, 2.45) is 0 Å². The maximum absolute atomic E-state index is 5.16. The zero-order valence-corrected chi connectivity index (χ0v) is 15.9. The summed E-state index contributed by atoms with van der Waals surface area (Å²) in [4.78, 5) is 5.16. The molecule has 4 aromatic carbocycles. The molecule has 1 heteroatoms. The van der Waals surface area contributed by atoms with E-state index < -0.39 is 0 Å². The van der Waals surface area contributed by atoms with Gasteiger partial charge < -0.3 is 0 Å². The molecule has 136 valence electrons. The zero-order chi connectivity index (χ0) is 19.2. The lowest BCUT2D eigenvalue weighted by molar-refractivity contribution is 1.02. The molecule has 1 aliphatic rings. The Kier molecular flexibility index (Phi) is 3.60. The molecule has 1 heterocycles. The Morgan fingerprint density at radius 1 is 0.586 bits per heavy atom. The molecule has 29 heavy (non-hydrogen) atoms. The minimum absolute atomic E-state index is 0.190. The van der Waals surface area contributed by atoms with Gasteiger partial charge >= 0.3 is 0 Å². The summed E-state index contributed by atoms with van der Waals surface area (Å²) in [5, 5.41) is 1.21. The summed E-state index contributed by atoms with van der Waals surface area (Å²) < 4.78 is 0. The quantitative estimate of drug-likeness (QED) is 0.318. The van der Waals surface area contributed by atoms with Crippen LogP contribution in [0.3, 0.4) is 0 Å².